The van der Waals surface area contributed by atoms with Crippen molar-refractivity contribution in [3.8, 4) is 0 Å². The van der Waals surface area contributed by atoms with E-state index in [1.807, 2.05) is 0 Å². The molecule has 0 heterocycles. The Morgan fingerprint density at radius 2 is 2.05 bits per heavy atom. The van der Waals surface area contributed by atoms with Crippen molar-refractivity contribution in [2.24, 2.45) is 0 Å². The lowest BCUT2D eigenvalue weighted by Crippen LogP contribution is -2.48. The number of ether oxygens (including phenoxy) is 1. The van der Waals surface area contributed by atoms with E-state index in [4.69, 9.17) is 16.3 Å². The van der Waals surface area contributed by atoms with Gasteiger partial charge in [-0.05, 0) is 19.4 Å². The minimum absolute atomic E-state index is 0.288. The van der Waals surface area contributed by atoms with Crippen LogP contribution in [-0.4, -0.2) is 29.7 Å². The maximum atomic E-state index is 12.2. The van der Waals surface area contributed by atoms with Gasteiger partial charge >= 0.3 is 5.97 Å². The number of halogens is 1. The van der Waals surface area contributed by atoms with Gasteiger partial charge in [0.2, 0.25) is 0 Å². The molecule has 2 atom stereocenters. The second kappa shape index (κ2) is 6.72. The molecule has 0 aliphatic rings. The number of methoxy groups -OCH3 is 1. The fourth-order valence-corrected chi connectivity index (χ4v) is 1.91. The lowest BCUT2D eigenvalue weighted by molar-refractivity contribution is -0.148. The molecule has 5 nitrogen and oxygen atoms in total. The number of carboxylic acid groups (broad SMARTS) is 1. The second-order valence-electron chi connectivity index (χ2n) is 4.55. The highest BCUT2D eigenvalue weighted by atomic mass is 35.5. The van der Waals surface area contributed by atoms with Crippen molar-refractivity contribution in [2.45, 2.75) is 31.9 Å². The van der Waals surface area contributed by atoms with Gasteiger partial charge in [0.1, 0.15) is 5.60 Å². The molecule has 0 aliphatic carbocycles. The predicted molar refractivity (Wildman–Crippen MR) is 75.7 cm³/mol. The summed E-state index contributed by atoms with van der Waals surface area (Å²) in [6.07, 6.45) is 0.421. The maximum Gasteiger partial charge on any atom is 0.330 e. The summed E-state index contributed by atoms with van der Waals surface area (Å²) in [5.74, 6) is -1.67. The Hall–Kier alpha value is -1.59. The first-order chi connectivity index (χ1) is 9.35. The Kier molecular flexibility index (Phi) is 5.53. The molecular weight excluding hydrogens is 282 g/mol. The van der Waals surface area contributed by atoms with Gasteiger partial charge in [-0.3, -0.25) is 4.79 Å². The summed E-state index contributed by atoms with van der Waals surface area (Å²) in [7, 11) is 1.41. The summed E-state index contributed by atoms with van der Waals surface area (Å²) in [5, 5.41) is 12.1. The zero-order valence-corrected chi connectivity index (χ0v) is 12.4. The molecule has 0 aromatic heterocycles. The Morgan fingerprint density at radius 3 is 2.50 bits per heavy atom. The first-order valence-corrected chi connectivity index (χ1v) is 6.57. The molecule has 1 aromatic rings. The summed E-state index contributed by atoms with van der Waals surface area (Å²) in [6.45, 7) is 3.39. The van der Waals surface area contributed by atoms with Crippen molar-refractivity contribution in [3.63, 3.8) is 0 Å². The van der Waals surface area contributed by atoms with Crippen LogP contribution in [0, 0.1) is 0 Å². The van der Waals surface area contributed by atoms with Gasteiger partial charge < -0.3 is 15.2 Å². The molecule has 1 unspecified atom stereocenters. The molecule has 2 N–H and O–H groups in total. The third kappa shape index (κ3) is 3.49. The molecular formula is C14H18ClNO4. The van der Waals surface area contributed by atoms with E-state index >= 15 is 0 Å². The van der Waals surface area contributed by atoms with Crippen LogP contribution in [0.3, 0.4) is 0 Å². The predicted octanol–water partition coefficient (Wildman–Crippen LogP) is 2.40. The van der Waals surface area contributed by atoms with Crippen LogP contribution in [0.2, 0.25) is 5.02 Å². The van der Waals surface area contributed by atoms with Crippen LogP contribution >= 0.6 is 11.6 Å². The molecule has 0 aliphatic heterocycles. The molecule has 20 heavy (non-hydrogen) atoms. The topological polar surface area (TPSA) is 75.6 Å². The van der Waals surface area contributed by atoms with Gasteiger partial charge in [-0.25, -0.2) is 4.79 Å². The fourth-order valence-electron chi connectivity index (χ4n) is 1.66. The molecule has 0 fully saturated rings. The summed E-state index contributed by atoms with van der Waals surface area (Å²) >= 11 is 5.98. The van der Waals surface area contributed by atoms with Gasteiger partial charge in [0.15, 0.2) is 6.04 Å². The summed E-state index contributed by atoms with van der Waals surface area (Å²) < 4.78 is 5.16. The smallest absolute Gasteiger partial charge is 0.330 e. The largest absolute Gasteiger partial charge is 0.479 e. The van der Waals surface area contributed by atoms with E-state index in [0.29, 0.717) is 12.0 Å². The number of hydrogen-bond acceptors (Lipinski definition) is 3. The van der Waals surface area contributed by atoms with Crippen molar-refractivity contribution in [3.05, 3.63) is 34.9 Å². The first kappa shape index (κ1) is 16.5. The summed E-state index contributed by atoms with van der Waals surface area (Å²) in [6, 6.07) is 5.29. The number of amides is 1. The molecule has 0 radical (unpaired) electrons. The number of nitrogens with one attached hydrogen (secondary N) is 1. The number of carbonyl (C=O) groups is 2. The Bertz CT molecular complexity index is 500. The van der Waals surface area contributed by atoms with Crippen LogP contribution in [-0.2, 0) is 14.3 Å². The monoisotopic (exact) mass is 299 g/mol. The van der Waals surface area contributed by atoms with Crippen molar-refractivity contribution >= 4 is 23.5 Å². The quantitative estimate of drug-likeness (QED) is 0.846. The van der Waals surface area contributed by atoms with E-state index in [1.54, 1.807) is 38.1 Å². The fraction of sp³-hybridized carbons (Fsp3) is 0.429. The number of hydrogen-bond donors (Lipinski definition) is 2. The van der Waals surface area contributed by atoms with Crippen LogP contribution < -0.4 is 5.32 Å². The van der Waals surface area contributed by atoms with E-state index in [0.717, 1.165) is 0 Å². The SMILES string of the molecule is CCC(C)(OC)C(=O)N[C@@H](C(=O)O)c1ccccc1Cl. The molecule has 0 saturated carbocycles. The highest BCUT2D eigenvalue weighted by molar-refractivity contribution is 6.31. The summed E-state index contributed by atoms with van der Waals surface area (Å²) in [5.41, 5.74) is -0.737. The lowest BCUT2D eigenvalue weighted by atomic mass is 10.00. The number of carboxylic acids is 1. The average Bonchev–Trinajstić information content (AvgIpc) is 2.44. The molecule has 1 rings (SSSR count). The van der Waals surface area contributed by atoms with Gasteiger partial charge in [-0.2, -0.15) is 0 Å². The number of carbonyl (C=O) groups excluding carboxylic acids is 1. The first-order valence-electron chi connectivity index (χ1n) is 6.19. The van der Waals surface area contributed by atoms with Gasteiger partial charge in [-0.1, -0.05) is 36.7 Å². The summed E-state index contributed by atoms with van der Waals surface area (Å²) in [4.78, 5) is 23.6. The van der Waals surface area contributed by atoms with Crippen LogP contribution in [0.15, 0.2) is 24.3 Å². The Balaban J connectivity index is 3.04. The number of aliphatic carboxylic acids is 1. The van der Waals surface area contributed by atoms with Gasteiger partial charge in [0, 0.05) is 17.7 Å². The Labute approximate surface area is 122 Å². The van der Waals surface area contributed by atoms with E-state index < -0.39 is 23.5 Å². The Morgan fingerprint density at radius 1 is 1.45 bits per heavy atom. The van der Waals surface area contributed by atoms with Gasteiger partial charge in [-0.15, -0.1) is 0 Å². The maximum absolute atomic E-state index is 12.2. The van der Waals surface area contributed by atoms with E-state index in [1.165, 1.54) is 7.11 Å². The van der Waals surface area contributed by atoms with Crippen LogP contribution in [0.25, 0.3) is 0 Å². The van der Waals surface area contributed by atoms with Crippen molar-refractivity contribution in [1.29, 1.82) is 0 Å². The van der Waals surface area contributed by atoms with Crippen LogP contribution in [0.5, 0.6) is 0 Å². The van der Waals surface area contributed by atoms with Gasteiger partial charge in [0.05, 0.1) is 0 Å². The zero-order chi connectivity index (χ0) is 15.3. The van der Waals surface area contributed by atoms with E-state index in [2.05, 4.69) is 5.32 Å². The van der Waals surface area contributed by atoms with Crippen molar-refractivity contribution in [2.75, 3.05) is 7.11 Å². The zero-order valence-electron chi connectivity index (χ0n) is 11.6. The third-order valence-electron chi connectivity index (χ3n) is 3.34. The second-order valence-corrected chi connectivity index (χ2v) is 4.96. The lowest BCUT2D eigenvalue weighted by Gasteiger charge is -2.27. The molecule has 0 bridgehead atoms. The standard InChI is InChI=1S/C14H18ClNO4/c1-4-14(2,20-3)13(19)16-11(12(17)18)9-7-5-6-8-10(9)15/h5-8,11H,4H2,1-3H3,(H,16,19)(H,17,18)/t11-,14?/m1/s1. The third-order valence-corrected chi connectivity index (χ3v) is 3.69. The molecule has 0 spiro atoms. The highest BCUT2D eigenvalue weighted by Crippen LogP contribution is 2.24. The average molecular weight is 300 g/mol. The minimum atomic E-state index is -1.21. The molecule has 1 amide bonds. The number of benzene rings is 1. The van der Waals surface area contributed by atoms with Gasteiger partial charge in [0.25, 0.3) is 5.91 Å². The molecule has 6 heteroatoms. The van der Waals surface area contributed by atoms with Crippen LogP contribution in [0.4, 0.5) is 0 Å². The molecule has 0 saturated heterocycles. The molecule has 1 aromatic carbocycles. The van der Waals surface area contributed by atoms with Crippen molar-refractivity contribution in [1.82, 2.24) is 5.32 Å². The van der Waals surface area contributed by atoms with E-state index in [9.17, 15) is 14.7 Å². The van der Waals surface area contributed by atoms with Crippen molar-refractivity contribution < 1.29 is 19.4 Å². The van der Waals surface area contributed by atoms with Crippen LogP contribution in [0.1, 0.15) is 31.9 Å². The van der Waals surface area contributed by atoms with E-state index in [-0.39, 0.29) is 5.02 Å². The minimum Gasteiger partial charge on any atom is -0.479 e. The number of rotatable bonds is 6. The normalized spacial score (nSPS) is 15.2. The molecule has 110 valence electrons. The highest BCUT2D eigenvalue weighted by Gasteiger charge is 2.35.